The van der Waals surface area contributed by atoms with Crippen molar-refractivity contribution >= 4 is 5.97 Å². The number of phenolic OH excluding ortho intramolecular Hbond substituents is 2. The maximum atomic E-state index is 11.4. The van der Waals surface area contributed by atoms with Gasteiger partial charge in [-0.25, -0.2) is 4.79 Å². The molecule has 0 aliphatic rings. The molecule has 0 aliphatic heterocycles. The van der Waals surface area contributed by atoms with Gasteiger partial charge >= 0.3 is 5.97 Å². The zero-order valence-corrected chi connectivity index (χ0v) is 9.21. The lowest BCUT2D eigenvalue weighted by atomic mass is 9.97. The van der Waals surface area contributed by atoms with E-state index in [2.05, 4.69) is 4.74 Å². The van der Waals surface area contributed by atoms with E-state index in [9.17, 15) is 15.0 Å². The lowest BCUT2D eigenvalue weighted by Crippen LogP contribution is -2.06. The van der Waals surface area contributed by atoms with Crippen molar-refractivity contribution in [2.45, 2.75) is 20.8 Å². The van der Waals surface area contributed by atoms with Gasteiger partial charge in [0.2, 0.25) is 0 Å². The second-order valence-electron chi connectivity index (χ2n) is 3.44. The fraction of sp³-hybridized carbons (Fsp3) is 0.364. The molecule has 1 aromatic rings. The number of rotatable bonds is 1. The molecule has 4 heteroatoms. The molecule has 0 aromatic heterocycles. The Labute approximate surface area is 88.1 Å². The average molecular weight is 210 g/mol. The van der Waals surface area contributed by atoms with Gasteiger partial charge in [-0.3, -0.25) is 0 Å². The summed E-state index contributed by atoms with van der Waals surface area (Å²) < 4.78 is 4.54. The zero-order valence-electron chi connectivity index (χ0n) is 9.21. The molecule has 0 aliphatic carbocycles. The van der Waals surface area contributed by atoms with Crippen LogP contribution in [0.2, 0.25) is 0 Å². The fourth-order valence-corrected chi connectivity index (χ4v) is 1.47. The number of phenols is 2. The van der Waals surface area contributed by atoms with Crippen molar-refractivity contribution in [2.24, 2.45) is 0 Å². The van der Waals surface area contributed by atoms with E-state index in [0.717, 1.165) is 0 Å². The highest BCUT2D eigenvalue weighted by Gasteiger charge is 2.22. The van der Waals surface area contributed by atoms with Crippen LogP contribution >= 0.6 is 0 Å². The van der Waals surface area contributed by atoms with Gasteiger partial charge in [-0.2, -0.15) is 0 Å². The van der Waals surface area contributed by atoms with Crippen LogP contribution in [0, 0.1) is 20.8 Å². The first-order valence-electron chi connectivity index (χ1n) is 4.51. The third kappa shape index (κ3) is 1.63. The molecule has 82 valence electrons. The molecule has 0 heterocycles. The second kappa shape index (κ2) is 3.81. The van der Waals surface area contributed by atoms with Crippen molar-refractivity contribution in [1.82, 2.24) is 0 Å². The zero-order chi connectivity index (χ0) is 11.7. The Hall–Kier alpha value is -1.71. The Morgan fingerprint density at radius 1 is 1.00 bits per heavy atom. The molecule has 1 rings (SSSR count). The van der Waals surface area contributed by atoms with Crippen LogP contribution in [0.3, 0.4) is 0 Å². The van der Waals surface area contributed by atoms with Crippen LogP contribution in [0.5, 0.6) is 11.5 Å². The molecule has 4 nitrogen and oxygen atoms in total. The van der Waals surface area contributed by atoms with Crippen LogP contribution < -0.4 is 0 Å². The highest BCUT2D eigenvalue weighted by Crippen LogP contribution is 2.36. The predicted molar refractivity (Wildman–Crippen MR) is 55.3 cm³/mol. The number of carbonyl (C=O) groups excluding carboxylic acids is 1. The molecule has 0 bridgehead atoms. The summed E-state index contributed by atoms with van der Waals surface area (Å²) in [5, 5.41) is 19.5. The van der Waals surface area contributed by atoms with E-state index >= 15 is 0 Å². The molecule has 1 aromatic carbocycles. The van der Waals surface area contributed by atoms with Gasteiger partial charge in [-0.05, 0) is 31.9 Å². The summed E-state index contributed by atoms with van der Waals surface area (Å²) in [6, 6.07) is 0. The van der Waals surface area contributed by atoms with Crippen molar-refractivity contribution in [1.29, 1.82) is 0 Å². The van der Waals surface area contributed by atoms with Crippen molar-refractivity contribution in [3.05, 3.63) is 22.3 Å². The number of benzene rings is 1. The van der Waals surface area contributed by atoms with E-state index in [4.69, 9.17) is 0 Å². The Morgan fingerprint density at radius 2 is 1.47 bits per heavy atom. The summed E-state index contributed by atoms with van der Waals surface area (Å²) in [5.74, 6) is -0.760. The molecule has 0 unspecified atom stereocenters. The molecule has 0 saturated carbocycles. The lowest BCUT2D eigenvalue weighted by molar-refractivity contribution is 0.0596. The molecular weight excluding hydrogens is 196 g/mol. The summed E-state index contributed by atoms with van der Waals surface area (Å²) in [7, 11) is 1.23. The Kier molecular flexibility index (Phi) is 2.88. The molecule has 0 spiro atoms. The number of hydrogen-bond acceptors (Lipinski definition) is 4. The van der Waals surface area contributed by atoms with Crippen LogP contribution in [-0.2, 0) is 4.74 Å². The number of methoxy groups -OCH3 is 1. The van der Waals surface area contributed by atoms with Gasteiger partial charge in [-0.1, -0.05) is 0 Å². The third-order valence-corrected chi connectivity index (χ3v) is 2.63. The third-order valence-electron chi connectivity index (χ3n) is 2.63. The highest BCUT2D eigenvalue weighted by molar-refractivity contribution is 5.95. The van der Waals surface area contributed by atoms with Gasteiger partial charge in [0.05, 0.1) is 7.11 Å². The van der Waals surface area contributed by atoms with Crippen molar-refractivity contribution in [3.63, 3.8) is 0 Å². The van der Waals surface area contributed by atoms with Crippen LogP contribution in [0.15, 0.2) is 0 Å². The highest BCUT2D eigenvalue weighted by atomic mass is 16.5. The molecule has 0 amide bonds. The fourth-order valence-electron chi connectivity index (χ4n) is 1.47. The Bertz CT molecular complexity index is 392. The first-order valence-corrected chi connectivity index (χ1v) is 4.51. The number of aromatic hydroxyl groups is 2. The first kappa shape index (κ1) is 11.4. The van der Waals surface area contributed by atoms with Gasteiger partial charge in [-0.15, -0.1) is 0 Å². The van der Waals surface area contributed by atoms with Crippen LogP contribution in [0.1, 0.15) is 27.0 Å². The molecule has 0 radical (unpaired) electrons. The average Bonchev–Trinajstić information content (AvgIpc) is 2.23. The van der Waals surface area contributed by atoms with Crippen molar-refractivity contribution in [3.8, 4) is 11.5 Å². The molecule has 15 heavy (non-hydrogen) atoms. The van der Waals surface area contributed by atoms with Crippen LogP contribution in [-0.4, -0.2) is 23.3 Å². The van der Waals surface area contributed by atoms with Gasteiger partial charge in [0.15, 0.2) is 0 Å². The smallest absolute Gasteiger partial charge is 0.342 e. The maximum Gasteiger partial charge on any atom is 0.342 e. The molecule has 0 saturated heterocycles. The number of esters is 1. The van der Waals surface area contributed by atoms with E-state index < -0.39 is 5.97 Å². The number of ether oxygens (including phenoxy) is 1. The van der Waals surface area contributed by atoms with Gasteiger partial charge < -0.3 is 14.9 Å². The van der Waals surface area contributed by atoms with Crippen molar-refractivity contribution < 1.29 is 19.7 Å². The largest absolute Gasteiger partial charge is 0.507 e. The summed E-state index contributed by atoms with van der Waals surface area (Å²) >= 11 is 0. The van der Waals surface area contributed by atoms with Crippen LogP contribution in [0.4, 0.5) is 0 Å². The van der Waals surface area contributed by atoms with Crippen molar-refractivity contribution in [2.75, 3.05) is 7.11 Å². The SMILES string of the molecule is COC(=O)c1c(C)c(O)c(C)c(C)c1O. The maximum absolute atomic E-state index is 11.4. The quantitative estimate of drug-likeness (QED) is 0.548. The monoisotopic (exact) mass is 210 g/mol. The minimum Gasteiger partial charge on any atom is -0.507 e. The van der Waals surface area contributed by atoms with Crippen LogP contribution in [0.25, 0.3) is 0 Å². The Balaban J connectivity index is 3.60. The van der Waals surface area contributed by atoms with Gasteiger partial charge in [0, 0.05) is 5.56 Å². The Morgan fingerprint density at radius 3 is 1.93 bits per heavy atom. The normalized spacial score (nSPS) is 10.1. The van der Waals surface area contributed by atoms with E-state index in [1.165, 1.54) is 7.11 Å². The molecule has 2 N–H and O–H groups in total. The minimum atomic E-state index is -0.650. The first-order chi connectivity index (χ1) is 6.91. The molecular formula is C11H14O4. The van der Waals surface area contributed by atoms with Gasteiger partial charge in [0.25, 0.3) is 0 Å². The molecule has 0 atom stereocenters. The number of carbonyl (C=O) groups is 1. The van der Waals surface area contributed by atoms with E-state index in [1.54, 1.807) is 20.8 Å². The second-order valence-corrected chi connectivity index (χ2v) is 3.44. The minimum absolute atomic E-state index is 0.0192. The summed E-state index contributed by atoms with van der Waals surface area (Å²) in [5.41, 5.74) is 1.41. The standard InChI is InChI=1S/C11H14O4/c1-5-6(2)10(13)8(11(14)15-4)7(3)9(5)12/h12-13H,1-4H3. The van der Waals surface area contributed by atoms with E-state index in [1.807, 2.05) is 0 Å². The van der Waals surface area contributed by atoms with E-state index in [-0.39, 0.29) is 17.1 Å². The van der Waals surface area contributed by atoms with E-state index in [0.29, 0.717) is 16.7 Å². The summed E-state index contributed by atoms with van der Waals surface area (Å²) in [4.78, 5) is 11.4. The number of hydrogen-bond donors (Lipinski definition) is 2. The lowest BCUT2D eigenvalue weighted by Gasteiger charge is -2.13. The summed E-state index contributed by atoms with van der Waals surface area (Å²) in [6.45, 7) is 4.88. The predicted octanol–water partition coefficient (Wildman–Crippen LogP) is 1.81. The topological polar surface area (TPSA) is 66.8 Å². The van der Waals surface area contributed by atoms with Gasteiger partial charge in [0.1, 0.15) is 17.1 Å². The molecule has 0 fully saturated rings. The summed E-state index contributed by atoms with van der Waals surface area (Å²) in [6.07, 6.45) is 0.